The molecule has 1 N–H and O–H groups in total. The number of rotatable bonds is 0. The van der Waals surface area contributed by atoms with Gasteiger partial charge in [0.15, 0.2) is 5.82 Å². The summed E-state index contributed by atoms with van der Waals surface area (Å²) in [5, 5.41) is 20.8. The summed E-state index contributed by atoms with van der Waals surface area (Å²) in [5.74, 6) is 0.457. The maximum atomic E-state index is 12.4. The van der Waals surface area contributed by atoms with E-state index in [-0.39, 0.29) is 5.91 Å². The van der Waals surface area contributed by atoms with Crippen LogP contribution in [0.4, 0.5) is 5.82 Å². The second-order valence-corrected chi connectivity index (χ2v) is 7.02. The molecule has 8 heteroatoms. The molecule has 0 unspecified atom stereocenters. The van der Waals surface area contributed by atoms with Gasteiger partial charge in [0, 0.05) is 50.0 Å². The summed E-state index contributed by atoms with van der Waals surface area (Å²) in [6.45, 7) is 2.72. The zero-order valence-electron chi connectivity index (χ0n) is 15.2. The second-order valence-electron chi connectivity index (χ2n) is 7.02. The number of fused-ring (bicyclic) bond motifs is 6. The summed E-state index contributed by atoms with van der Waals surface area (Å²) >= 11 is 0. The number of allylic oxidation sites excluding steroid dienone is 1. The Morgan fingerprint density at radius 1 is 1.11 bits per heavy atom. The van der Waals surface area contributed by atoms with Gasteiger partial charge in [-0.15, -0.1) is 0 Å². The van der Waals surface area contributed by atoms with Crippen LogP contribution in [0.15, 0.2) is 24.5 Å². The van der Waals surface area contributed by atoms with Crippen LogP contribution >= 0.6 is 0 Å². The Morgan fingerprint density at radius 3 is 2.89 bits per heavy atom. The van der Waals surface area contributed by atoms with Gasteiger partial charge in [-0.25, -0.2) is 0 Å². The molecule has 0 fully saturated rings. The molecule has 5 rings (SSSR count). The molecule has 0 saturated carbocycles. The standard InChI is InChI=1S/C19H19N7O/c1-11-14-10-26(23-11)7-3-4-18(27)20-19-15(9-25(2)24-19)17-8-13-12(14)5-6-16(13)21-22-17/h5,8-10H,3-4,6-7H2,1-2H3,(H,20,24,27). The lowest BCUT2D eigenvalue weighted by Crippen LogP contribution is -2.14. The van der Waals surface area contributed by atoms with Crippen LogP contribution in [0.25, 0.3) is 16.8 Å². The summed E-state index contributed by atoms with van der Waals surface area (Å²) in [4.78, 5) is 12.4. The smallest absolute Gasteiger partial charge is 0.225 e. The molecule has 0 radical (unpaired) electrons. The van der Waals surface area contributed by atoms with E-state index in [1.54, 1.807) is 4.68 Å². The Kier molecular flexibility index (Phi) is 3.46. The zero-order valence-corrected chi connectivity index (χ0v) is 15.2. The molecule has 8 nitrogen and oxygen atoms in total. The van der Waals surface area contributed by atoms with Crippen molar-refractivity contribution in [1.29, 1.82) is 0 Å². The Morgan fingerprint density at radius 2 is 2.00 bits per heavy atom. The summed E-state index contributed by atoms with van der Waals surface area (Å²) < 4.78 is 3.60. The quantitative estimate of drug-likeness (QED) is 0.662. The van der Waals surface area contributed by atoms with Gasteiger partial charge in [-0.1, -0.05) is 6.08 Å². The lowest BCUT2D eigenvalue weighted by molar-refractivity contribution is -0.116. The molecular formula is C19H19N7O. The normalized spacial score (nSPS) is 15.8. The van der Waals surface area contributed by atoms with Crippen LogP contribution in [0.3, 0.4) is 0 Å². The Bertz CT molecular complexity index is 1110. The SMILES string of the molecule is Cc1nn2cc1C1=CCc3nnc(cc31)-c1cn(C)nc1NC(=O)CCC2. The minimum Gasteiger partial charge on any atom is -0.309 e. The minimum atomic E-state index is -0.0641. The van der Waals surface area contributed by atoms with Crippen molar-refractivity contribution in [2.24, 2.45) is 7.05 Å². The molecule has 0 atom stereocenters. The second kappa shape index (κ2) is 5.87. The van der Waals surface area contributed by atoms with E-state index in [1.165, 1.54) is 0 Å². The van der Waals surface area contributed by atoms with E-state index >= 15 is 0 Å². The summed E-state index contributed by atoms with van der Waals surface area (Å²) in [7, 11) is 1.83. The Balaban J connectivity index is 1.70. The minimum absolute atomic E-state index is 0.0641. The van der Waals surface area contributed by atoms with E-state index in [9.17, 15) is 4.79 Å². The van der Waals surface area contributed by atoms with Crippen LogP contribution in [-0.4, -0.2) is 35.7 Å². The van der Waals surface area contributed by atoms with Gasteiger partial charge in [-0.2, -0.15) is 20.4 Å². The van der Waals surface area contributed by atoms with Gasteiger partial charge < -0.3 is 5.32 Å². The Labute approximate surface area is 155 Å². The molecule has 1 amide bonds. The van der Waals surface area contributed by atoms with E-state index in [0.29, 0.717) is 30.9 Å². The van der Waals surface area contributed by atoms with Gasteiger partial charge in [0.05, 0.1) is 22.6 Å². The van der Waals surface area contributed by atoms with Crippen molar-refractivity contribution >= 4 is 17.3 Å². The Hall–Kier alpha value is -3.29. The molecular weight excluding hydrogens is 342 g/mol. The lowest BCUT2D eigenvalue weighted by Gasteiger charge is -2.08. The average molecular weight is 361 g/mol. The van der Waals surface area contributed by atoms with Crippen LogP contribution in [0.2, 0.25) is 0 Å². The molecule has 136 valence electrons. The number of anilines is 1. The van der Waals surface area contributed by atoms with Gasteiger partial charge >= 0.3 is 0 Å². The van der Waals surface area contributed by atoms with Crippen LogP contribution in [0.1, 0.15) is 35.4 Å². The molecule has 2 aliphatic rings. The lowest BCUT2D eigenvalue weighted by atomic mass is 10.0. The van der Waals surface area contributed by atoms with E-state index in [4.69, 9.17) is 0 Å². The van der Waals surface area contributed by atoms with Crippen LogP contribution in [0, 0.1) is 6.92 Å². The highest BCUT2D eigenvalue weighted by atomic mass is 16.1. The average Bonchev–Trinajstić information content (AvgIpc) is 3.30. The number of hydrogen-bond acceptors (Lipinski definition) is 5. The predicted octanol–water partition coefficient (Wildman–Crippen LogP) is 2.10. The van der Waals surface area contributed by atoms with Crippen molar-refractivity contribution in [2.45, 2.75) is 32.7 Å². The molecule has 3 aromatic heterocycles. The van der Waals surface area contributed by atoms with Gasteiger partial charge in [0.25, 0.3) is 0 Å². The summed E-state index contributed by atoms with van der Waals surface area (Å²) in [6.07, 6.45) is 8.00. The number of nitrogens with zero attached hydrogens (tertiary/aromatic N) is 6. The van der Waals surface area contributed by atoms with Gasteiger partial charge in [0.2, 0.25) is 5.91 Å². The molecule has 1 aliphatic carbocycles. The predicted molar refractivity (Wildman–Crippen MR) is 99.8 cm³/mol. The highest BCUT2D eigenvalue weighted by molar-refractivity contribution is 5.94. The van der Waals surface area contributed by atoms with Crippen molar-refractivity contribution in [3.05, 3.63) is 47.1 Å². The number of carbonyl (C=O) groups is 1. The molecule has 27 heavy (non-hydrogen) atoms. The fraction of sp³-hybridized carbons (Fsp3) is 0.316. The fourth-order valence-corrected chi connectivity index (χ4v) is 3.76. The molecule has 0 spiro atoms. The third-order valence-corrected chi connectivity index (χ3v) is 5.05. The van der Waals surface area contributed by atoms with Gasteiger partial charge in [0.1, 0.15) is 0 Å². The van der Waals surface area contributed by atoms with E-state index < -0.39 is 0 Å². The van der Waals surface area contributed by atoms with Gasteiger partial charge in [-0.3, -0.25) is 14.2 Å². The molecule has 4 bridgehead atoms. The number of amides is 1. The fourth-order valence-electron chi connectivity index (χ4n) is 3.76. The summed E-state index contributed by atoms with van der Waals surface area (Å²) in [6, 6.07) is 2.04. The number of aryl methyl sites for hydroxylation is 3. The van der Waals surface area contributed by atoms with Crippen LogP contribution in [-0.2, 0) is 24.8 Å². The zero-order chi connectivity index (χ0) is 18.5. The molecule has 0 saturated heterocycles. The van der Waals surface area contributed by atoms with Crippen LogP contribution in [0.5, 0.6) is 0 Å². The summed E-state index contributed by atoms with van der Waals surface area (Å²) in [5.41, 5.74) is 6.75. The number of aromatic nitrogens is 6. The first-order chi connectivity index (χ1) is 13.1. The first-order valence-corrected chi connectivity index (χ1v) is 9.04. The molecule has 3 aromatic rings. The maximum Gasteiger partial charge on any atom is 0.225 e. The topological polar surface area (TPSA) is 90.5 Å². The first kappa shape index (κ1) is 15.9. The molecule has 4 heterocycles. The van der Waals surface area contributed by atoms with E-state index in [0.717, 1.165) is 40.1 Å². The van der Waals surface area contributed by atoms with Crippen LogP contribution < -0.4 is 5.32 Å². The highest BCUT2D eigenvalue weighted by Gasteiger charge is 2.24. The van der Waals surface area contributed by atoms with Gasteiger partial charge in [-0.05, 0) is 25.0 Å². The number of carbonyl (C=O) groups excluding carboxylic acids is 1. The highest BCUT2D eigenvalue weighted by Crippen LogP contribution is 2.36. The van der Waals surface area contributed by atoms with Crippen molar-refractivity contribution in [1.82, 2.24) is 29.8 Å². The monoisotopic (exact) mass is 361 g/mol. The third kappa shape index (κ3) is 2.64. The third-order valence-electron chi connectivity index (χ3n) is 5.05. The number of hydrogen-bond donors (Lipinski definition) is 1. The van der Waals surface area contributed by atoms with Crippen molar-refractivity contribution < 1.29 is 4.79 Å². The van der Waals surface area contributed by atoms with E-state index in [2.05, 4.69) is 38.0 Å². The largest absolute Gasteiger partial charge is 0.309 e. The van der Waals surface area contributed by atoms with E-state index in [1.807, 2.05) is 30.9 Å². The van der Waals surface area contributed by atoms with Crippen molar-refractivity contribution in [2.75, 3.05) is 5.32 Å². The molecule has 0 aromatic carbocycles. The van der Waals surface area contributed by atoms with Crippen molar-refractivity contribution in [3.8, 4) is 11.3 Å². The van der Waals surface area contributed by atoms with Crippen molar-refractivity contribution in [3.63, 3.8) is 0 Å². The molecule has 1 aliphatic heterocycles. The first-order valence-electron chi connectivity index (χ1n) is 9.04. The maximum absolute atomic E-state index is 12.4. The number of nitrogens with one attached hydrogen (secondary N) is 1.